The van der Waals surface area contributed by atoms with Crippen LogP contribution in [0.4, 0.5) is 5.82 Å². The summed E-state index contributed by atoms with van der Waals surface area (Å²) >= 11 is 0. The Morgan fingerprint density at radius 3 is 2.74 bits per heavy atom. The van der Waals surface area contributed by atoms with Crippen LogP contribution in [0.15, 0.2) is 36.7 Å². The summed E-state index contributed by atoms with van der Waals surface area (Å²) < 4.78 is 1.41. The summed E-state index contributed by atoms with van der Waals surface area (Å²) in [5.74, 6) is 0.518. The van der Waals surface area contributed by atoms with Gasteiger partial charge in [-0.2, -0.15) is 9.78 Å². The van der Waals surface area contributed by atoms with Crippen molar-refractivity contribution in [3.63, 3.8) is 0 Å². The fourth-order valence-corrected chi connectivity index (χ4v) is 2.94. The first-order chi connectivity index (χ1) is 11.1. The molecular formula is C17H15N5O. The molecule has 6 heteroatoms. The van der Waals surface area contributed by atoms with Gasteiger partial charge in [0.1, 0.15) is 5.82 Å². The van der Waals surface area contributed by atoms with E-state index in [1.165, 1.54) is 23.4 Å². The molecule has 2 N–H and O–H groups in total. The zero-order chi connectivity index (χ0) is 16.0. The van der Waals surface area contributed by atoms with Crippen LogP contribution in [-0.4, -0.2) is 25.5 Å². The second kappa shape index (κ2) is 5.01. The standard InChI is InChI=1S/C17H15N5O/c1-10(23)14-9-20-22(16(14)18)17-19-8-12-7-6-11-4-2-3-5-13(11)15(12)21-17/h2-5,8-9H,6-7,18H2,1H3. The molecule has 0 spiro atoms. The summed E-state index contributed by atoms with van der Waals surface area (Å²) in [5.41, 5.74) is 10.8. The van der Waals surface area contributed by atoms with Crippen molar-refractivity contribution < 1.29 is 4.79 Å². The lowest BCUT2D eigenvalue weighted by Gasteiger charge is -2.18. The van der Waals surface area contributed by atoms with Crippen molar-refractivity contribution in [3.05, 3.63) is 53.3 Å². The molecule has 0 unspecified atom stereocenters. The molecule has 1 aromatic carbocycles. The van der Waals surface area contributed by atoms with Crippen LogP contribution in [0.25, 0.3) is 17.2 Å². The van der Waals surface area contributed by atoms with Gasteiger partial charge in [-0.05, 0) is 30.9 Å². The number of fused-ring (bicyclic) bond motifs is 3. The Labute approximate surface area is 133 Å². The number of Topliss-reactive ketones (excluding diaryl/α,β-unsaturated/α-hetero) is 1. The number of nitrogens with zero attached hydrogens (tertiary/aromatic N) is 4. The minimum absolute atomic E-state index is 0.128. The van der Waals surface area contributed by atoms with Crippen molar-refractivity contribution in [1.82, 2.24) is 19.7 Å². The molecule has 3 aromatic rings. The molecule has 2 heterocycles. The van der Waals surface area contributed by atoms with Crippen LogP contribution < -0.4 is 5.73 Å². The Morgan fingerprint density at radius 2 is 1.96 bits per heavy atom. The molecule has 6 nitrogen and oxygen atoms in total. The van der Waals surface area contributed by atoms with Gasteiger partial charge in [0, 0.05) is 11.8 Å². The van der Waals surface area contributed by atoms with E-state index in [9.17, 15) is 4.79 Å². The molecular weight excluding hydrogens is 290 g/mol. The van der Waals surface area contributed by atoms with E-state index in [0.717, 1.165) is 29.7 Å². The van der Waals surface area contributed by atoms with Gasteiger partial charge in [-0.3, -0.25) is 4.79 Å². The van der Waals surface area contributed by atoms with E-state index >= 15 is 0 Å². The zero-order valence-corrected chi connectivity index (χ0v) is 12.7. The predicted molar refractivity (Wildman–Crippen MR) is 86.4 cm³/mol. The number of aromatic nitrogens is 4. The highest BCUT2D eigenvalue weighted by Gasteiger charge is 2.20. The van der Waals surface area contributed by atoms with Gasteiger partial charge >= 0.3 is 0 Å². The van der Waals surface area contributed by atoms with Gasteiger partial charge in [0.15, 0.2) is 5.78 Å². The van der Waals surface area contributed by atoms with Gasteiger partial charge in [-0.1, -0.05) is 24.3 Å². The SMILES string of the molecule is CC(=O)c1cnn(-c2ncc3c(n2)-c2ccccc2CC3)c1N. The molecule has 4 rings (SSSR count). The van der Waals surface area contributed by atoms with Crippen LogP contribution in [0.1, 0.15) is 28.4 Å². The molecule has 0 amide bonds. The second-order valence-electron chi connectivity index (χ2n) is 5.61. The highest BCUT2D eigenvalue weighted by molar-refractivity contribution is 5.98. The maximum atomic E-state index is 11.5. The lowest BCUT2D eigenvalue weighted by molar-refractivity contribution is 0.101. The first-order valence-corrected chi connectivity index (χ1v) is 7.44. The molecule has 1 aliphatic rings. The third-order valence-corrected chi connectivity index (χ3v) is 4.16. The lowest BCUT2D eigenvalue weighted by atomic mass is 9.90. The maximum Gasteiger partial charge on any atom is 0.253 e. The number of nitrogen functional groups attached to an aromatic ring is 1. The van der Waals surface area contributed by atoms with Crippen LogP contribution in [-0.2, 0) is 12.8 Å². The highest BCUT2D eigenvalue weighted by Crippen LogP contribution is 2.31. The van der Waals surface area contributed by atoms with E-state index in [4.69, 9.17) is 5.73 Å². The normalized spacial score (nSPS) is 12.6. The number of aryl methyl sites for hydroxylation is 2. The molecule has 0 saturated carbocycles. The number of hydrogen-bond acceptors (Lipinski definition) is 5. The number of anilines is 1. The van der Waals surface area contributed by atoms with Crippen molar-refractivity contribution in [2.45, 2.75) is 19.8 Å². The Balaban J connectivity index is 1.87. The molecule has 0 aliphatic heterocycles. The zero-order valence-electron chi connectivity index (χ0n) is 12.7. The minimum Gasteiger partial charge on any atom is -0.383 e. The third kappa shape index (κ3) is 2.11. The van der Waals surface area contributed by atoms with E-state index in [-0.39, 0.29) is 11.6 Å². The Morgan fingerprint density at radius 1 is 1.17 bits per heavy atom. The second-order valence-corrected chi connectivity index (χ2v) is 5.61. The molecule has 0 fully saturated rings. The molecule has 23 heavy (non-hydrogen) atoms. The van der Waals surface area contributed by atoms with E-state index in [1.54, 1.807) is 0 Å². The quantitative estimate of drug-likeness (QED) is 0.733. The molecule has 0 atom stereocenters. The molecule has 0 radical (unpaired) electrons. The molecule has 0 bridgehead atoms. The third-order valence-electron chi connectivity index (χ3n) is 4.16. The first kappa shape index (κ1) is 13.6. The van der Waals surface area contributed by atoms with Crippen molar-refractivity contribution >= 4 is 11.6 Å². The number of carbonyl (C=O) groups excluding carboxylic acids is 1. The summed E-state index contributed by atoms with van der Waals surface area (Å²) in [6, 6.07) is 8.23. The monoisotopic (exact) mass is 305 g/mol. The van der Waals surface area contributed by atoms with E-state index in [2.05, 4.69) is 27.2 Å². The summed E-state index contributed by atoms with van der Waals surface area (Å²) in [5, 5.41) is 4.16. The van der Waals surface area contributed by atoms with Gasteiger partial charge in [-0.25, -0.2) is 9.97 Å². The largest absolute Gasteiger partial charge is 0.383 e. The van der Waals surface area contributed by atoms with E-state index in [1.807, 2.05) is 18.3 Å². The van der Waals surface area contributed by atoms with Gasteiger partial charge in [-0.15, -0.1) is 0 Å². The van der Waals surface area contributed by atoms with Gasteiger partial charge in [0.05, 0.1) is 17.5 Å². The van der Waals surface area contributed by atoms with Crippen LogP contribution in [0.2, 0.25) is 0 Å². The van der Waals surface area contributed by atoms with Gasteiger partial charge in [0.25, 0.3) is 5.95 Å². The number of rotatable bonds is 2. The first-order valence-electron chi connectivity index (χ1n) is 7.44. The molecule has 0 saturated heterocycles. The predicted octanol–water partition coefficient (Wildman–Crippen LogP) is 2.21. The summed E-state index contributed by atoms with van der Waals surface area (Å²) in [4.78, 5) is 20.6. The highest BCUT2D eigenvalue weighted by atomic mass is 16.1. The maximum absolute atomic E-state index is 11.5. The van der Waals surface area contributed by atoms with Crippen molar-refractivity contribution in [1.29, 1.82) is 0 Å². The Bertz CT molecular complexity index is 928. The Kier molecular flexibility index (Phi) is 2.97. The number of carbonyl (C=O) groups is 1. The molecule has 114 valence electrons. The van der Waals surface area contributed by atoms with E-state index in [0.29, 0.717) is 11.5 Å². The van der Waals surface area contributed by atoms with Crippen molar-refractivity contribution in [2.24, 2.45) is 0 Å². The summed E-state index contributed by atoms with van der Waals surface area (Å²) in [6.07, 6.45) is 5.18. The minimum atomic E-state index is -0.128. The summed E-state index contributed by atoms with van der Waals surface area (Å²) in [7, 11) is 0. The van der Waals surface area contributed by atoms with Crippen LogP contribution >= 0.6 is 0 Å². The smallest absolute Gasteiger partial charge is 0.253 e. The fraction of sp³-hybridized carbons (Fsp3) is 0.176. The van der Waals surface area contributed by atoms with Crippen molar-refractivity contribution in [2.75, 3.05) is 5.73 Å². The summed E-state index contributed by atoms with van der Waals surface area (Å²) in [6.45, 7) is 1.46. The number of nitrogens with two attached hydrogens (primary N) is 1. The van der Waals surface area contributed by atoms with Gasteiger partial charge < -0.3 is 5.73 Å². The van der Waals surface area contributed by atoms with Crippen LogP contribution in [0, 0.1) is 0 Å². The average Bonchev–Trinajstić information content (AvgIpc) is 2.96. The van der Waals surface area contributed by atoms with Gasteiger partial charge in [0.2, 0.25) is 0 Å². The molecule has 2 aromatic heterocycles. The number of ketones is 1. The number of hydrogen-bond donors (Lipinski definition) is 1. The van der Waals surface area contributed by atoms with E-state index < -0.39 is 0 Å². The lowest BCUT2D eigenvalue weighted by Crippen LogP contribution is -2.12. The van der Waals surface area contributed by atoms with Crippen LogP contribution in [0.5, 0.6) is 0 Å². The van der Waals surface area contributed by atoms with Crippen molar-refractivity contribution in [3.8, 4) is 17.2 Å². The fourth-order valence-electron chi connectivity index (χ4n) is 2.94. The van der Waals surface area contributed by atoms with Crippen LogP contribution in [0.3, 0.4) is 0 Å². The topological polar surface area (TPSA) is 86.7 Å². The molecule has 1 aliphatic carbocycles. The number of benzene rings is 1. The Hall–Kier alpha value is -3.02. The average molecular weight is 305 g/mol.